The molecule has 7 nitrogen and oxygen atoms in total. The highest BCUT2D eigenvalue weighted by Gasteiger charge is 2.22. The second-order valence-corrected chi connectivity index (χ2v) is 12.5. The molecule has 4 aromatic rings. The molecule has 0 atom stereocenters. The molecule has 40 heavy (non-hydrogen) atoms. The van der Waals surface area contributed by atoms with Crippen LogP contribution in [0.4, 0.5) is 10.1 Å². The molecule has 5 rings (SSSR count). The first-order valence-electron chi connectivity index (χ1n) is 13.3. The van der Waals surface area contributed by atoms with E-state index in [4.69, 9.17) is 27.9 Å². The molecule has 0 spiro atoms. The highest BCUT2D eigenvalue weighted by molar-refractivity contribution is 7.92. The maximum absolute atomic E-state index is 14.9. The van der Waals surface area contributed by atoms with Gasteiger partial charge in [0.25, 0.3) is 10.0 Å². The number of piperidine rings is 1. The lowest BCUT2D eigenvalue weighted by molar-refractivity contribution is 0.173. The Morgan fingerprint density at radius 1 is 1.07 bits per heavy atom. The van der Waals surface area contributed by atoms with E-state index in [1.165, 1.54) is 48.9 Å². The fraction of sp³-hybridized carbons (Fsp3) is 0.345. The first-order valence-corrected chi connectivity index (χ1v) is 15.6. The summed E-state index contributed by atoms with van der Waals surface area (Å²) in [5, 5.41) is 1.22. The van der Waals surface area contributed by atoms with Crippen LogP contribution in [0, 0.1) is 11.7 Å². The smallest absolute Gasteiger partial charge is 0.264 e. The van der Waals surface area contributed by atoms with Crippen LogP contribution in [0.15, 0.2) is 66.0 Å². The summed E-state index contributed by atoms with van der Waals surface area (Å²) in [5.74, 6) is 0.0660. The highest BCUT2D eigenvalue weighted by Crippen LogP contribution is 2.35. The summed E-state index contributed by atoms with van der Waals surface area (Å²) in [4.78, 5) is 9.01. The van der Waals surface area contributed by atoms with Crippen LogP contribution in [-0.4, -0.2) is 49.5 Å². The van der Waals surface area contributed by atoms with Crippen LogP contribution in [-0.2, 0) is 16.4 Å². The van der Waals surface area contributed by atoms with E-state index < -0.39 is 20.7 Å². The average Bonchev–Trinajstić information content (AvgIpc) is 3.35. The van der Waals surface area contributed by atoms with Crippen molar-refractivity contribution in [2.75, 3.05) is 31.0 Å². The zero-order chi connectivity index (χ0) is 28.1. The summed E-state index contributed by atoms with van der Waals surface area (Å²) in [6.45, 7) is 3.72. The van der Waals surface area contributed by atoms with Gasteiger partial charge in [-0.2, -0.15) is 0 Å². The lowest BCUT2D eigenvalue weighted by Crippen LogP contribution is -2.35. The summed E-state index contributed by atoms with van der Waals surface area (Å²) in [6, 6.07) is 11.0. The van der Waals surface area contributed by atoms with Crippen LogP contribution >= 0.6 is 23.2 Å². The lowest BCUT2D eigenvalue weighted by atomic mass is 9.92. The van der Waals surface area contributed by atoms with Crippen molar-refractivity contribution in [3.05, 3.63) is 82.5 Å². The standard InChI is InChI=1S/C29H31Cl2FN4O3S/c30-23-4-5-26(29-28(23)24(31)19-34-29)35-40(37,38)27-6-3-22(18-25(27)32)39-17-1-2-20-9-14-36(15-10-20)16-11-21-7-12-33-13-8-21/h3-8,12-13,18-20,34-35H,1-2,9-11,14-17H2. The Morgan fingerprint density at radius 2 is 1.85 bits per heavy atom. The zero-order valence-corrected chi connectivity index (χ0v) is 24.2. The molecule has 1 aliphatic rings. The Labute approximate surface area is 243 Å². The molecule has 1 saturated heterocycles. The number of benzene rings is 2. The van der Waals surface area contributed by atoms with Gasteiger partial charge in [0.1, 0.15) is 16.5 Å². The summed E-state index contributed by atoms with van der Waals surface area (Å²) in [5.41, 5.74) is 1.94. The minimum absolute atomic E-state index is 0.214. The molecule has 0 saturated carbocycles. The monoisotopic (exact) mass is 604 g/mol. The van der Waals surface area contributed by atoms with Gasteiger partial charge in [0, 0.05) is 36.6 Å². The Hall–Kier alpha value is -2.85. The van der Waals surface area contributed by atoms with E-state index in [0.29, 0.717) is 39.2 Å². The van der Waals surface area contributed by atoms with Gasteiger partial charge >= 0.3 is 0 Å². The third kappa shape index (κ3) is 6.89. The fourth-order valence-electron chi connectivity index (χ4n) is 5.14. The number of aromatic nitrogens is 2. The van der Waals surface area contributed by atoms with Crippen molar-refractivity contribution >= 4 is 49.8 Å². The molecule has 1 fully saturated rings. The first-order chi connectivity index (χ1) is 19.3. The van der Waals surface area contributed by atoms with E-state index in [9.17, 15) is 12.8 Å². The van der Waals surface area contributed by atoms with E-state index in [1.54, 1.807) is 0 Å². The maximum Gasteiger partial charge on any atom is 0.264 e. The number of nitrogens with zero attached hydrogens (tertiary/aromatic N) is 2. The van der Waals surface area contributed by atoms with Crippen molar-refractivity contribution in [1.82, 2.24) is 14.9 Å². The van der Waals surface area contributed by atoms with E-state index in [2.05, 4.69) is 31.7 Å². The number of halogens is 3. The molecule has 212 valence electrons. The second-order valence-electron chi connectivity index (χ2n) is 10.1. The quantitative estimate of drug-likeness (QED) is 0.181. The summed E-state index contributed by atoms with van der Waals surface area (Å²) in [7, 11) is -4.21. The zero-order valence-electron chi connectivity index (χ0n) is 21.9. The number of rotatable bonds is 11. The van der Waals surface area contributed by atoms with E-state index >= 15 is 0 Å². The van der Waals surface area contributed by atoms with Crippen molar-refractivity contribution in [3.63, 3.8) is 0 Å². The van der Waals surface area contributed by atoms with Crippen LogP contribution < -0.4 is 9.46 Å². The topological polar surface area (TPSA) is 87.3 Å². The largest absolute Gasteiger partial charge is 0.493 e. The van der Waals surface area contributed by atoms with Crippen molar-refractivity contribution in [1.29, 1.82) is 0 Å². The van der Waals surface area contributed by atoms with Gasteiger partial charge in [-0.15, -0.1) is 0 Å². The van der Waals surface area contributed by atoms with E-state index in [1.807, 2.05) is 12.4 Å². The first kappa shape index (κ1) is 28.7. The van der Waals surface area contributed by atoms with Gasteiger partial charge in [-0.3, -0.25) is 9.71 Å². The molecule has 1 aliphatic heterocycles. The van der Waals surface area contributed by atoms with E-state index in [0.717, 1.165) is 45.0 Å². The maximum atomic E-state index is 14.9. The third-order valence-corrected chi connectivity index (χ3v) is 9.38. The number of sulfonamides is 1. The normalized spacial score (nSPS) is 15.0. The molecular weight excluding hydrogens is 574 g/mol. The number of fused-ring (bicyclic) bond motifs is 1. The minimum atomic E-state index is -4.21. The molecular formula is C29H31Cl2FN4O3S. The highest BCUT2D eigenvalue weighted by atomic mass is 35.5. The molecule has 0 unspecified atom stereocenters. The van der Waals surface area contributed by atoms with Gasteiger partial charge in [-0.1, -0.05) is 23.2 Å². The van der Waals surface area contributed by atoms with Gasteiger partial charge in [0.2, 0.25) is 0 Å². The summed E-state index contributed by atoms with van der Waals surface area (Å²) >= 11 is 12.3. The number of anilines is 1. The minimum Gasteiger partial charge on any atom is -0.493 e. The third-order valence-electron chi connectivity index (χ3n) is 7.37. The van der Waals surface area contributed by atoms with Crippen molar-refractivity contribution in [2.45, 2.75) is 37.0 Å². The molecule has 0 radical (unpaired) electrons. The number of nitrogens with one attached hydrogen (secondary N) is 2. The summed E-state index contributed by atoms with van der Waals surface area (Å²) in [6.07, 6.45) is 10.5. The summed E-state index contributed by atoms with van der Waals surface area (Å²) < 4.78 is 49.0. The number of pyridine rings is 1. The molecule has 3 heterocycles. The van der Waals surface area contributed by atoms with Gasteiger partial charge in [-0.05, 0) is 93.1 Å². The number of H-pyrrole nitrogens is 1. The van der Waals surface area contributed by atoms with Gasteiger partial charge in [0.15, 0.2) is 0 Å². The number of hydrogen-bond acceptors (Lipinski definition) is 5. The van der Waals surface area contributed by atoms with Gasteiger partial charge in [-0.25, -0.2) is 12.8 Å². The van der Waals surface area contributed by atoms with E-state index in [-0.39, 0.29) is 5.69 Å². The Kier molecular flexibility index (Phi) is 9.15. The second kappa shape index (κ2) is 12.8. The van der Waals surface area contributed by atoms with Gasteiger partial charge < -0.3 is 14.6 Å². The predicted molar refractivity (Wildman–Crippen MR) is 157 cm³/mol. The van der Waals surface area contributed by atoms with Crippen LogP contribution in [0.5, 0.6) is 5.75 Å². The lowest BCUT2D eigenvalue weighted by Gasteiger charge is -2.32. The van der Waals surface area contributed by atoms with Crippen LogP contribution in [0.2, 0.25) is 10.0 Å². The Morgan fingerprint density at radius 3 is 2.60 bits per heavy atom. The number of likely N-dealkylation sites (tertiary alicyclic amines) is 1. The average molecular weight is 606 g/mol. The van der Waals surface area contributed by atoms with Crippen molar-refractivity contribution < 1.29 is 17.5 Å². The number of ether oxygens (including phenoxy) is 1. The Balaban J connectivity index is 1.08. The molecule has 2 aromatic carbocycles. The molecule has 11 heteroatoms. The predicted octanol–water partition coefficient (Wildman–Crippen LogP) is 6.92. The molecule has 0 aliphatic carbocycles. The molecule has 2 N–H and O–H groups in total. The Bertz CT molecular complexity index is 1560. The molecule has 0 amide bonds. The molecule has 2 aromatic heterocycles. The van der Waals surface area contributed by atoms with Crippen molar-refractivity contribution in [3.8, 4) is 5.75 Å². The molecule has 0 bridgehead atoms. The van der Waals surface area contributed by atoms with Crippen LogP contribution in [0.25, 0.3) is 10.9 Å². The van der Waals surface area contributed by atoms with Crippen LogP contribution in [0.1, 0.15) is 31.2 Å². The number of aromatic amines is 1. The van der Waals surface area contributed by atoms with Gasteiger partial charge in [0.05, 0.1) is 27.9 Å². The van der Waals surface area contributed by atoms with Crippen LogP contribution in [0.3, 0.4) is 0 Å². The van der Waals surface area contributed by atoms with Crippen molar-refractivity contribution in [2.24, 2.45) is 5.92 Å². The number of hydrogen-bond donors (Lipinski definition) is 2. The fourth-order valence-corrected chi connectivity index (χ4v) is 6.83. The SMILES string of the molecule is O=S(=O)(Nc1ccc(Cl)c2c(Cl)c[nH]c12)c1ccc(OCCCC2CCN(CCc3ccncc3)CC2)cc1F.